The summed E-state index contributed by atoms with van der Waals surface area (Å²) in [6.07, 6.45) is 11.4. The number of hydrogen-bond acceptors (Lipinski definition) is 4. The van der Waals surface area contributed by atoms with Gasteiger partial charge in [-0.2, -0.15) is 5.10 Å². The quantitative estimate of drug-likeness (QED) is 0.470. The maximum Gasteiger partial charge on any atom is 0.119 e. The molecule has 0 fully saturated rings. The molecule has 0 aliphatic carbocycles. The molecule has 5 heterocycles. The van der Waals surface area contributed by atoms with E-state index in [0.717, 1.165) is 52.9 Å². The zero-order valence-electron chi connectivity index (χ0n) is 15.7. The number of aromatic nitrogens is 6. The van der Waals surface area contributed by atoms with Gasteiger partial charge in [0.1, 0.15) is 5.69 Å². The Hall–Kier alpha value is -3.80. The largest absolute Gasteiger partial charge is 0.306 e. The van der Waals surface area contributed by atoms with Gasteiger partial charge >= 0.3 is 0 Å². The molecule has 0 atom stereocenters. The lowest BCUT2D eigenvalue weighted by Crippen LogP contribution is -1.94. The summed E-state index contributed by atoms with van der Waals surface area (Å²) in [5, 5.41) is 6.05. The highest BCUT2D eigenvalue weighted by atomic mass is 15.3. The molecule has 1 aromatic carbocycles. The monoisotopic (exact) mass is 378 g/mol. The van der Waals surface area contributed by atoms with E-state index in [0.29, 0.717) is 0 Å². The van der Waals surface area contributed by atoms with Crippen molar-refractivity contribution in [1.82, 2.24) is 29.3 Å². The topological polar surface area (TPSA) is 61.4 Å². The van der Waals surface area contributed by atoms with Gasteiger partial charge in [-0.15, -0.1) is 0 Å². The highest BCUT2D eigenvalue weighted by Gasteiger charge is 2.25. The molecule has 0 saturated carbocycles. The minimum atomic E-state index is 0.907. The van der Waals surface area contributed by atoms with Gasteiger partial charge in [0.25, 0.3) is 0 Å². The van der Waals surface area contributed by atoms with Crippen LogP contribution in [-0.2, 0) is 13.0 Å². The van der Waals surface area contributed by atoms with Crippen LogP contribution in [-0.4, -0.2) is 29.3 Å². The smallest absolute Gasteiger partial charge is 0.119 e. The molecule has 0 saturated heterocycles. The Kier molecular flexibility index (Phi) is 3.56. The molecular formula is C23H18N6. The third-order valence-electron chi connectivity index (χ3n) is 5.55. The predicted octanol–water partition coefficient (Wildman–Crippen LogP) is 4.29. The molecule has 0 N–H and O–H groups in total. The molecule has 6 rings (SSSR count). The summed E-state index contributed by atoms with van der Waals surface area (Å²) < 4.78 is 4.14. The van der Waals surface area contributed by atoms with Crippen LogP contribution in [0.5, 0.6) is 0 Å². The third-order valence-corrected chi connectivity index (χ3v) is 5.55. The van der Waals surface area contributed by atoms with E-state index in [9.17, 15) is 0 Å². The van der Waals surface area contributed by atoms with Crippen molar-refractivity contribution in [2.45, 2.75) is 19.4 Å². The van der Waals surface area contributed by atoms with Crippen LogP contribution >= 0.6 is 0 Å². The molecule has 0 amide bonds. The van der Waals surface area contributed by atoms with Gasteiger partial charge in [0.2, 0.25) is 0 Å². The van der Waals surface area contributed by atoms with Crippen molar-refractivity contribution in [1.29, 1.82) is 0 Å². The van der Waals surface area contributed by atoms with E-state index in [2.05, 4.69) is 43.9 Å². The zero-order valence-corrected chi connectivity index (χ0v) is 15.7. The average molecular weight is 378 g/mol. The van der Waals surface area contributed by atoms with Gasteiger partial charge in [-0.3, -0.25) is 14.6 Å². The van der Waals surface area contributed by atoms with E-state index in [1.54, 1.807) is 12.5 Å². The van der Waals surface area contributed by atoms with Crippen molar-refractivity contribution in [2.24, 2.45) is 0 Å². The molecule has 29 heavy (non-hydrogen) atoms. The van der Waals surface area contributed by atoms with Gasteiger partial charge in [0.15, 0.2) is 0 Å². The first-order valence-corrected chi connectivity index (χ1v) is 9.77. The van der Waals surface area contributed by atoms with Crippen LogP contribution in [0.4, 0.5) is 0 Å². The number of rotatable bonds is 3. The molecular weight excluding hydrogens is 360 g/mol. The molecule has 1 aliphatic rings. The SMILES string of the molecule is c1ccc(-c2nn3c(c2-c2ccnc4cc(-n5ccnc5)ccc24)CCC3)nc1. The van der Waals surface area contributed by atoms with Gasteiger partial charge in [0.05, 0.1) is 17.5 Å². The second-order valence-corrected chi connectivity index (χ2v) is 7.24. The Morgan fingerprint density at radius 1 is 0.931 bits per heavy atom. The fraction of sp³-hybridized carbons (Fsp3) is 0.130. The van der Waals surface area contributed by atoms with Gasteiger partial charge in [-0.25, -0.2) is 4.98 Å². The minimum absolute atomic E-state index is 0.907. The summed E-state index contributed by atoms with van der Waals surface area (Å²) in [5.41, 5.74) is 7.50. The van der Waals surface area contributed by atoms with E-state index >= 15 is 0 Å². The number of hydrogen-bond donors (Lipinski definition) is 0. The van der Waals surface area contributed by atoms with Crippen molar-refractivity contribution >= 4 is 10.9 Å². The maximum atomic E-state index is 4.92. The van der Waals surface area contributed by atoms with Gasteiger partial charge in [-0.05, 0) is 48.7 Å². The lowest BCUT2D eigenvalue weighted by molar-refractivity contribution is 0.658. The molecule has 6 nitrogen and oxygen atoms in total. The van der Waals surface area contributed by atoms with Crippen molar-refractivity contribution in [3.63, 3.8) is 0 Å². The first-order chi connectivity index (χ1) is 14.4. The lowest BCUT2D eigenvalue weighted by atomic mass is 9.96. The fourth-order valence-electron chi connectivity index (χ4n) is 4.22. The number of imidazole rings is 1. The predicted molar refractivity (Wildman–Crippen MR) is 112 cm³/mol. The molecule has 0 radical (unpaired) electrons. The number of aryl methyl sites for hydroxylation is 1. The maximum absolute atomic E-state index is 4.92. The first kappa shape index (κ1) is 16.2. The van der Waals surface area contributed by atoms with Gasteiger partial charge in [0, 0.05) is 53.7 Å². The van der Waals surface area contributed by atoms with Crippen LogP contribution in [0, 0.1) is 0 Å². The molecule has 5 aromatic rings. The van der Waals surface area contributed by atoms with E-state index < -0.39 is 0 Å². The van der Waals surface area contributed by atoms with Crippen LogP contribution in [0.3, 0.4) is 0 Å². The van der Waals surface area contributed by atoms with Crippen LogP contribution < -0.4 is 0 Å². The van der Waals surface area contributed by atoms with Crippen LogP contribution in [0.25, 0.3) is 39.1 Å². The highest BCUT2D eigenvalue weighted by Crippen LogP contribution is 2.39. The van der Waals surface area contributed by atoms with E-state index in [1.807, 2.05) is 41.4 Å². The molecule has 0 unspecified atom stereocenters. The number of benzene rings is 1. The molecule has 1 aliphatic heterocycles. The molecule has 4 aromatic heterocycles. The van der Waals surface area contributed by atoms with Crippen LogP contribution in [0.1, 0.15) is 12.1 Å². The van der Waals surface area contributed by atoms with Crippen LogP contribution in [0.15, 0.2) is 73.6 Å². The number of nitrogens with zero attached hydrogens (tertiary/aromatic N) is 6. The zero-order chi connectivity index (χ0) is 19.2. The van der Waals surface area contributed by atoms with Crippen molar-refractivity contribution in [3.05, 3.63) is 79.3 Å². The lowest BCUT2D eigenvalue weighted by Gasteiger charge is -2.10. The standard InChI is InChI=1S/C23H18N6/c1-2-9-25-19(4-1)23-22(21-5-3-12-29(21)27-23)18-8-10-26-20-14-16(6-7-17(18)20)28-13-11-24-15-28/h1-2,4,6-11,13-15H,3,5,12H2. The highest BCUT2D eigenvalue weighted by molar-refractivity contribution is 5.99. The number of fused-ring (bicyclic) bond motifs is 2. The molecule has 6 heteroatoms. The Morgan fingerprint density at radius 3 is 2.79 bits per heavy atom. The van der Waals surface area contributed by atoms with Crippen molar-refractivity contribution in [2.75, 3.05) is 0 Å². The Labute approximate surface area is 167 Å². The van der Waals surface area contributed by atoms with Crippen molar-refractivity contribution in [3.8, 4) is 28.2 Å². The van der Waals surface area contributed by atoms with E-state index in [1.165, 1.54) is 11.3 Å². The molecule has 0 bridgehead atoms. The summed E-state index contributed by atoms with van der Waals surface area (Å²) in [5.74, 6) is 0. The molecule has 140 valence electrons. The van der Waals surface area contributed by atoms with Crippen molar-refractivity contribution < 1.29 is 0 Å². The van der Waals surface area contributed by atoms with Gasteiger partial charge in [-0.1, -0.05) is 12.1 Å². The second-order valence-electron chi connectivity index (χ2n) is 7.24. The first-order valence-electron chi connectivity index (χ1n) is 9.77. The summed E-state index contributed by atoms with van der Waals surface area (Å²) in [7, 11) is 0. The minimum Gasteiger partial charge on any atom is -0.306 e. The Balaban J connectivity index is 1.59. The third kappa shape index (κ3) is 2.56. The van der Waals surface area contributed by atoms with Gasteiger partial charge < -0.3 is 4.57 Å². The average Bonchev–Trinajstić information content (AvgIpc) is 3.51. The Morgan fingerprint density at radius 2 is 1.93 bits per heavy atom. The fourth-order valence-corrected chi connectivity index (χ4v) is 4.22. The van der Waals surface area contributed by atoms with E-state index in [-0.39, 0.29) is 0 Å². The normalized spacial score (nSPS) is 13.1. The summed E-state index contributed by atoms with van der Waals surface area (Å²) in [6.45, 7) is 0.961. The summed E-state index contributed by atoms with van der Waals surface area (Å²) in [4.78, 5) is 13.4. The summed E-state index contributed by atoms with van der Waals surface area (Å²) in [6, 6.07) is 14.4. The van der Waals surface area contributed by atoms with E-state index in [4.69, 9.17) is 5.10 Å². The number of pyridine rings is 2. The Bertz CT molecular complexity index is 1320. The van der Waals surface area contributed by atoms with Crippen LogP contribution in [0.2, 0.25) is 0 Å². The second kappa shape index (κ2) is 6.38. The summed E-state index contributed by atoms with van der Waals surface area (Å²) >= 11 is 0. The molecule has 0 spiro atoms.